The average Bonchev–Trinajstić information content (AvgIpc) is 3.48. The summed E-state index contributed by atoms with van der Waals surface area (Å²) in [5.41, 5.74) is 0.382. The number of aromatic nitrogens is 2. The number of fused-ring (bicyclic) bond motifs is 1. The van der Waals surface area contributed by atoms with Crippen LogP contribution in [0.3, 0.4) is 0 Å². The van der Waals surface area contributed by atoms with Crippen LogP contribution >= 0.6 is 0 Å². The van der Waals surface area contributed by atoms with Gasteiger partial charge in [0.25, 0.3) is 5.91 Å². The molecule has 0 radical (unpaired) electrons. The normalized spacial score (nSPS) is 28.3. The van der Waals surface area contributed by atoms with Crippen LogP contribution in [0.25, 0.3) is 0 Å². The highest BCUT2D eigenvalue weighted by atomic mass is 32.2. The number of amides is 1. The number of ether oxygens (including phenoxy) is 3. The molecule has 5 aliphatic rings. The molecule has 0 bridgehead atoms. The summed E-state index contributed by atoms with van der Waals surface area (Å²) in [5.74, 6) is 1.40. The Labute approximate surface area is 282 Å². The highest BCUT2D eigenvalue weighted by molar-refractivity contribution is 7.89. The van der Waals surface area contributed by atoms with Crippen molar-refractivity contribution in [2.45, 2.75) is 70.7 Å². The van der Waals surface area contributed by atoms with Gasteiger partial charge in [0.2, 0.25) is 10.0 Å². The standard InChI is InChI=1S/C34H47FN6O6S/c1-4-48(43,44)38-24-6-7-25(46-16-24)15-39-11-9-34(10-12-39)19-40(20-34)32-30(14-36-21-37-32)47-29-8-5-23(35)13-26(29)33(42)41(22(2)3)31-27-17-45-18-28(27)31/h5,8,13-14,21-22,24-25,27-28,31,38H,4,6-7,9-12,15-20H2,1-3H3/t24-,25+,27-,28+,31+/m1/s1. The molecule has 1 amide bonds. The van der Waals surface area contributed by atoms with Crippen LogP contribution in [0, 0.1) is 23.1 Å². The maximum atomic E-state index is 14.6. The average molecular weight is 687 g/mol. The molecule has 1 spiro atoms. The summed E-state index contributed by atoms with van der Waals surface area (Å²) in [6, 6.07) is 3.99. The van der Waals surface area contributed by atoms with Gasteiger partial charge in [-0.15, -0.1) is 0 Å². The number of carbonyl (C=O) groups is 1. The van der Waals surface area contributed by atoms with Crippen molar-refractivity contribution in [3.05, 3.63) is 42.1 Å². The molecule has 5 heterocycles. The van der Waals surface area contributed by atoms with Crippen molar-refractivity contribution in [2.24, 2.45) is 17.3 Å². The number of nitrogens with zero attached hydrogens (tertiary/aromatic N) is 5. The van der Waals surface area contributed by atoms with Gasteiger partial charge < -0.3 is 28.9 Å². The largest absolute Gasteiger partial charge is 0.451 e. The van der Waals surface area contributed by atoms with E-state index in [0.717, 1.165) is 58.4 Å². The van der Waals surface area contributed by atoms with Crippen molar-refractivity contribution in [2.75, 3.05) is 63.2 Å². The van der Waals surface area contributed by atoms with E-state index in [0.29, 0.717) is 43.2 Å². The molecular weight excluding hydrogens is 639 g/mol. The van der Waals surface area contributed by atoms with Crippen LogP contribution in [0.4, 0.5) is 10.2 Å². The molecule has 1 aliphatic carbocycles. The smallest absolute Gasteiger partial charge is 0.258 e. The van der Waals surface area contributed by atoms with Gasteiger partial charge in [-0.05, 0) is 77.7 Å². The third kappa shape index (κ3) is 6.91. The molecule has 1 saturated carbocycles. The van der Waals surface area contributed by atoms with Gasteiger partial charge in [-0.25, -0.2) is 27.5 Å². The van der Waals surface area contributed by atoms with Crippen LogP contribution in [0.2, 0.25) is 0 Å². The zero-order valence-corrected chi connectivity index (χ0v) is 28.8. The maximum Gasteiger partial charge on any atom is 0.258 e. The fourth-order valence-corrected chi connectivity index (χ4v) is 8.94. The van der Waals surface area contributed by atoms with Gasteiger partial charge in [0.15, 0.2) is 11.6 Å². The molecule has 1 aromatic heterocycles. The molecule has 0 unspecified atom stereocenters. The predicted octanol–water partition coefficient (Wildman–Crippen LogP) is 3.29. The van der Waals surface area contributed by atoms with Gasteiger partial charge in [-0.3, -0.25) is 4.79 Å². The van der Waals surface area contributed by atoms with E-state index >= 15 is 0 Å². The number of hydrogen-bond acceptors (Lipinski definition) is 10. The fourth-order valence-electron chi connectivity index (χ4n) is 8.08. The number of hydrogen-bond donors (Lipinski definition) is 1. The Kier molecular flexibility index (Phi) is 9.39. The molecule has 12 nitrogen and oxygen atoms in total. The molecule has 5 fully saturated rings. The lowest BCUT2D eigenvalue weighted by Gasteiger charge is -2.54. The van der Waals surface area contributed by atoms with Crippen LogP contribution in [-0.2, 0) is 19.5 Å². The Bertz CT molecular complexity index is 1580. The van der Waals surface area contributed by atoms with Crippen LogP contribution in [0.15, 0.2) is 30.7 Å². The molecule has 262 valence electrons. The number of halogens is 1. The minimum absolute atomic E-state index is 0.0555. The van der Waals surface area contributed by atoms with Crippen molar-refractivity contribution < 1.29 is 31.8 Å². The number of likely N-dealkylation sites (tertiary alicyclic amines) is 1. The van der Waals surface area contributed by atoms with Crippen LogP contribution < -0.4 is 14.4 Å². The van der Waals surface area contributed by atoms with Crippen LogP contribution in [0.1, 0.15) is 56.8 Å². The zero-order valence-electron chi connectivity index (χ0n) is 28.0. The monoisotopic (exact) mass is 686 g/mol. The lowest BCUT2D eigenvalue weighted by Crippen LogP contribution is -2.61. The second-order valence-electron chi connectivity index (χ2n) is 14.5. The molecule has 14 heteroatoms. The molecule has 4 saturated heterocycles. The van der Waals surface area contributed by atoms with E-state index in [1.807, 2.05) is 18.7 Å². The summed E-state index contributed by atoms with van der Waals surface area (Å²) in [6.07, 6.45) is 6.99. The SMILES string of the molecule is CCS(=O)(=O)N[C@@H]1CC[C@@H](CN2CCC3(CC2)CN(c2ncncc2Oc2ccc(F)cc2C(=O)N(C(C)C)[C@H]2[C@@H]4COC[C@@H]42)C3)OC1. The van der Waals surface area contributed by atoms with Crippen LogP contribution in [0.5, 0.6) is 11.5 Å². The highest BCUT2D eigenvalue weighted by Gasteiger charge is 2.58. The number of piperidine rings is 1. The van der Waals surface area contributed by atoms with Gasteiger partial charge in [0, 0.05) is 55.0 Å². The number of nitrogens with one attached hydrogen (secondary N) is 1. The Hall–Kier alpha value is -2.91. The van der Waals surface area contributed by atoms with Crippen molar-refractivity contribution >= 4 is 21.7 Å². The number of benzene rings is 1. The van der Waals surface area contributed by atoms with E-state index in [4.69, 9.17) is 14.2 Å². The zero-order chi connectivity index (χ0) is 33.6. The molecule has 48 heavy (non-hydrogen) atoms. The van der Waals surface area contributed by atoms with E-state index in [-0.39, 0.29) is 52.6 Å². The van der Waals surface area contributed by atoms with E-state index in [1.54, 1.807) is 13.1 Å². The summed E-state index contributed by atoms with van der Waals surface area (Å²) >= 11 is 0. The number of anilines is 1. The van der Waals surface area contributed by atoms with E-state index in [9.17, 15) is 17.6 Å². The Balaban J connectivity index is 0.953. The first-order valence-corrected chi connectivity index (χ1v) is 19.0. The molecule has 1 aromatic carbocycles. The Morgan fingerprint density at radius 2 is 1.90 bits per heavy atom. The molecule has 5 atom stereocenters. The first kappa shape index (κ1) is 33.6. The second kappa shape index (κ2) is 13.4. The van der Waals surface area contributed by atoms with Gasteiger partial charge in [0.05, 0.1) is 43.4 Å². The molecular formula is C34H47FN6O6S. The first-order valence-electron chi connectivity index (χ1n) is 17.3. The lowest BCUT2D eigenvalue weighted by molar-refractivity contribution is -0.0299. The van der Waals surface area contributed by atoms with Gasteiger partial charge in [-0.2, -0.15) is 0 Å². The first-order chi connectivity index (χ1) is 23.0. The summed E-state index contributed by atoms with van der Waals surface area (Å²) in [5, 5.41) is 0. The van der Waals surface area contributed by atoms with E-state index in [2.05, 4.69) is 24.5 Å². The van der Waals surface area contributed by atoms with Crippen molar-refractivity contribution in [1.29, 1.82) is 0 Å². The summed E-state index contributed by atoms with van der Waals surface area (Å²) in [4.78, 5) is 29.2. The van der Waals surface area contributed by atoms with Crippen molar-refractivity contribution in [3.63, 3.8) is 0 Å². The number of sulfonamides is 1. The summed E-state index contributed by atoms with van der Waals surface area (Å²) in [7, 11) is -3.23. The third-order valence-electron chi connectivity index (χ3n) is 10.9. The minimum Gasteiger partial charge on any atom is -0.451 e. The molecule has 2 aromatic rings. The Morgan fingerprint density at radius 1 is 1.15 bits per heavy atom. The summed E-state index contributed by atoms with van der Waals surface area (Å²) < 4.78 is 59.0. The van der Waals surface area contributed by atoms with Crippen molar-refractivity contribution in [3.8, 4) is 11.5 Å². The highest BCUT2D eigenvalue weighted by Crippen LogP contribution is 2.49. The van der Waals surface area contributed by atoms with Gasteiger partial charge >= 0.3 is 0 Å². The van der Waals surface area contributed by atoms with Gasteiger partial charge in [-0.1, -0.05) is 0 Å². The molecule has 1 N–H and O–H groups in total. The second-order valence-corrected chi connectivity index (χ2v) is 16.6. The number of carbonyl (C=O) groups excluding carboxylic acids is 1. The van der Waals surface area contributed by atoms with Gasteiger partial charge in [0.1, 0.15) is 17.9 Å². The Morgan fingerprint density at radius 3 is 2.56 bits per heavy atom. The molecule has 4 aliphatic heterocycles. The lowest BCUT2D eigenvalue weighted by atomic mass is 9.72. The summed E-state index contributed by atoms with van der Waals surface area (Å²) in [6.45, 7) is 11.9. The quantitative estimate of drug-likeness (QED) is 0.377. The predicted molar refractivity (Wildman–Crippen MR) is 177 cm³/mol. The minimum atomic E-state index is -3.23. The van der Waals surface area contributed by atoms with E-state index < -0.39 is 15.8 Å². The van der Waals surface area contributed by atoms with E-state index in [1.165, 1.54) is 24.5 Å². The van der Waals surface area contributed by atoms with Crippen molar-refractivity contribution in [1.82, 2.24) is 24.5 Å². The topological polar surface area (TPSA) is 126 Å². The third-order valence-corrected chi connectivity index (χ3v) is 12.3. The number of rotatable bonds is 11. The maximum absolute atomic E-state index is 14.6. The fraction of sp³-hybridized carbons (Fsp3) is 0.676. The van der Waals surface area contributed by atoms with Crippen LogP contribution in [-0.4, -0.2) is 117 Å². The molecule has 7 rings (SSSR count).